The second kappa shape index (κ2) is 6.04. The van der Waals surface area contributed by atoms with E-state index in [4.69, 9.17) is 0 Å². The van der Waals surface area contributed by atoms with Gasteiger partial charge in [0.1, 0.15) is 0 Å². The van der Waals surface area contributed by atoms with Crippen LogP contribution >= 0.6 is 11.9 Å². The summed E-state index contributed by atoms with van der Waals surface area (Å²) in [7, 11) is -3.61. The maximum absolute atomic E-state index is 11.9. The zero-order chi connectivity index (χ0) is 14.6. The lowest BCUT2D eigenvalue weighted by atomic mass is 10.3. The number of nitrogens with one attached hydrogen (secondary N) is 1. The van der Waals surface area contributed by atoms with Crippen molar-refractivity contribution in [3.63, 3.8) is 0 Å². The van der Waals surface area contributed by atoms with E-state index in [0.29, 0.717) is 4.90 Å². The molecule has 0 amide bonds. The maximum Gasteiger partial charge on any atom is 0.269 e. The predicted molar refractivity (Wildman–Crippen MR) is 75.7 cm³/mol. The average molecular weight is 310 g/mol. The monoisotopic (exact) mass is 310 g/mol. The third kappa shape index (κ3) is 3.56. The predicted octanol–water partition coefficient (Wildman–Crippen LogP) is 2.58. The minimum Gasteiger partial charge on any atom is -0.258 e. The van der Waals surface area contributed by atoms with Gasteiger partial charge in [-0.25, -0.2) is 8.42 Å². The smallest absolute Gasteiger partial charge is 0.258 e. The Bertz CT molecular complexity index is 700. The third-order valence-electron chi connectivity index (χ3n) is 2.37. The molecule has 0 aromatic heterocycles. The van der Waals surface area contributed by atoms with Crippen LogP contribution < -0.4 is 4.13 Å². The van der Waals surface area contributed by atoms with Crippen LogP contribution in [0.5, 0.6) is 0 Å². The highest BCUT2D eigenvalue weighted by atomic mass is 32.3. The van der Waals surface area contributed by atoms with E-state index < -0.39 is 14.9 Å². The molecule has 0 saturated heterocycles. The number of rotatable bonds is 5. The molecule has 1 N–H and O–H groups in total. The zero-order valence-corrected chi connectivity index (χ0v) is 11.7. The van der Waals surface area contributed by atoms with Gasteiger partial charge < -0.3 is 0 Å². The molecule has 0 spiro atoms. The minimum absolute atomic E-state index is 0.0414. The lowest BCUT2D eigenvalue weighted by Crippen LogP contribution is -2.16. The van der Waals surface area contributed by atoms with Crippen molar-refractivity contribution in [3.05, 3.63) is 64.7 Å². The summed E-state index contributed by atoms with van der Waals surface area (Å²) in [6.45, 7) is 0. The van der Waals surface area contributed by atoms with Crippen LogP contribution in [0.15, 0.2) is 64.4 Å². The van der Waals surface area contributed by atoms with Gasteiger partial charge in [-0.15, -0.1) is 4.13 Å². The molecule has 0 bridgehead atoms. The Hall–Kier alpha value is -1.90. The van der Waals surface area contributed by atoms with E-state index in [9.17, 15) is 18.5 Å². The van der Waals surface area contributed by atoms with Gasteiger partial charge in [0.15, 0.2) is 0 Å². The Morgan fingerprint density at radius 2 is 1.60 bits per heavy atom. The van der Waals surface area contributed by atoms with Crippen molar-refractivity contribution in [1.29, 1.82) is 0 Å². The van der Waals surface area contributed by atoms with Gasteiger partial charge in [0.05, 0.1) is 9.82 Å². The highest BCUT2D eigenvalue weighted by Crippen LogP contribution is 2.21. The van der Waals surface area contributed by atoms with Crippen LogP contribution in [-0.2, 0) is 10.0 Å². The van der Waals surface area contributed by atoms with Crippen LogP contribution in [-0.4, -0.2) is 13.3 Å². The summed E-state index contributed by atoms with van der Waals surface area (Å²) in [6, 6.07) is 13.6. The molecule has 0 aliphatic carbocycles. The van der Waals surface area contributed by atoms with Crippen molar-refractivity contribution in [1.82, 2.24) is 4.13 Å². The summed E-state index contributed by atoms with van der Waals surface area (Å²) in [6.07, 6.45) is 0. The fourth-order valence-corrected chi connectivity index (χ4v) is 3.38. The summed E-state index contributed by atoms with van der Waals surface area (Å²) in [5.41, 5.74) is -0.0414. The van der Waals surface area contributed by atoms with Gasteiger partial charge in [-0.05, 0) is 36.2 Å². The fourth-order valence-electron chi connectivity index (χ4n) is 1.39. The Morgan fingerprint density at radius 3 is 2.15 bits per heavy atom. The third-order valence-corrected chi connectivity index (χ3v) is 4.98. The van der Waals surface area contributed by atoms with E-state index in [1.54, 1.807) is 18.2 Å². The van der Waals surface area contributed by atoms with Crippen molar-refractivity contribution in [3.8, 4) is 0 Å². The minimum atomic E-state index is -3.61. The molecular weight excluding hydrogens is 300 g/mol. The number of non-ortho nitro benzene ring substituents is 1. The summed E-state index contributed by atoms with van der Waals surface area (Å²) >= 11 is 0.882. The van der Waals surface area contributed by atoms with Gasteiger partial charge in [-0.1, -0.05) is 18.2 Å². The largest absolute Gasteiger partial charge is 0.269 e. The van der Waals surface area contributed by atoms with Crippen LogP contribution in [0, 0.1) is 10.1 Å². The fraction of sp³-hybridized carbons (Fsp3) is 0. The van der Waals surface area contributed by atoms with Gasteiger partial charge in [0.2, 0.25) is 10.0 Å². The molecule has 2 aromatic carbocycles. The zero-order valence-electron chi connectivity index (χ0n) is 10.1. The standard InChI is InChI=1S/C12H10N2O4S2/c15-14(16)10-6-8-11(9-7-10)19-13-20(17,18)12-4-2-1-3-5-12/h1-9,13H. The Labute approximate surface area is 120 Å². The lowest BCUT2D eigenvalue weighted by Gasteiger charge is -2.05. The molecule has 0 heterocycles. The van der Waals surface area contributed by atoms with Crippen molar-refractivity contribution in [2.45, 2.75) is 9.79 Å². The van der Waals surface area contributed by atoms with Gasteiger partial charge >= 0.3 is 0 Å². The van der Waals surface area contributed by atoms with Crippen LogP contribution in [0.1, 0.15) is 0 Å². The highest BCUT2D eigenvalue weighted by Gasteiger charge is 2.13. The van der Waals surface area contributed by atoms with Crippen molar-refractivity contribution >= 4 is 27.7 Å². The number of hydrogen-bond donors (Lipinski definition) is 1. The molecule has 6 nitrogen and oxygen atoms in total. The molecule has 0 aliphatic rings. The van der Waals surface area contributed by atoms with E-state index in [1.165, 1.54) is 36.4 Å². The van der Waals surface area contributed by atoms with E-state index in [0.717, 1.165) is 11.9 Å². The molecule has 8 heteroatoms. The molecule has 2 rings (SSSR count). The number of nitrogens with zero attached hydrogens (tertiary/aromatic N) is 1. The van der Waals surface area contributed by atoms with Gasteiger partial charge in [-0.2, -0.15) is 0 Å². The number of nitro groups is 1. The van der Waals surface area contributed by atoms with Gasteiger partial charge in [0.25, 0.3) is 5.69 Å². The van der Waals surface area contributed by atoms with Crippen LogP contribution in [0.25, 0.3) is 0 Å². The number of sulfonamides is 1. The molecule has 0 aliphatic heterocycles. The first-order valence-electron chi connectivity index (χ1n) is 5.47. The quantitative estimate of drug-likeness (QED) is 0.521. The van der Waals surface area contributed by atoms with E-state index in [-0.39, 0.29) is 10.6 Å². The van der Waals surface area contributed by atoms with E-state index >= 15 is 0 Å². The van der Waals surface area contributed by atoms with Gasteiger partial charge in [-0.3, -0.25) is 10.1 Å². The molecule has 0 fully saturated rings. The summed E-state index contributed by atoms with van der Waals surface area (Å²) in [4.78, 5) is 10.7. The Balaban J connectivity index is 2.07. The number of benzene rings is 2. The summed E-state index contributed by atoms with van der Waals surface area (Å²) < 4.78 is 26.2. The van der Waals surface area contributed by atoms with Crippen LogP contribution in [0.4, 0.5) is 5.69 Å². The molecular formula is C12H10N2O4S2. The topological polar surface area (TPSA) is 89.3 Å². The number of hydrogen-bond acceptors (Lipinski definition) is 5. The first kappa shape index (κ1) is 14.5. The van der Waals surface area contributed by atoms with Crippen molar-refractivity contribution < 1.29 is 13.3 Å². The molecule has 2 aromatic rings. The normalized spacial score (nSPS) is 11.2. The highest BCUT2D eigenvalue weighted by molar-refractivity contribution is 8.09. The van der Waals surface area contributed by atoms with Crippen molar-refractivity contribution in [2.24, 2.45) is 0 Å². The second-order valence-electron chi connectivity index (χ2n) is 3.75. The Kier molecular flexibility index (Phi) is 4.38. The van der Waals surface area contributed by atoms with Gasteiger partial charge in [0, 0.05) is 17.0 Å². The van der Waals surface area contributed by atoms with E-state index in [1.807, 2.05) is 0 Å². The maximum atomic E-state index is 11.9. The molecule has 0 radical (unpaired) electrons. The molecule has 0 atom stereocenters. The van der Waals surface area contributed by atoms with Crippen molar-refractivity contribution in [2.75, 3.05) is 0 Å². The Morgan fingerprint density at radius 1 is 1.00 bits per heavy atom. The molecule has 0 unspecified atom stereocenters. The molecule has 104 valence electrons. The SMILES string of the molecule is O=[N+]([O-])c1ccc(SNS(=O)(=O)c2ccccc2)cc1. The summed E-state index contributed by atoms with van der Waals surface area (Å²) in [5.74, 6) is 0. The number of nitro benzene ring substituents is 1. The average Bonchev–Trinajstić information content (AvgIpc) is 2.46. The van der Waals surface area contributed by atoms with Crippen LogP contribution in [0.3, 0.4) is 0 Å². The first-order valence-corrected chi connectivity index (χ1v) is 7.77. The molecule has 0 saturated carbocycles. The molecule has 20 heavy (non-hydrogen) atoms. The first-order chi connectivity index (χ1) is 9.49. The second-order valence-corrected chi connectivity index (χ2v) is 6.57. The van der Waals surface area contributed by atoms with E-state index in [2.05, 4.69) is 4.13 Å². The lowest BCUT2D eigenvalue weighted by molar-refractivity contribution is -0.384. The van der Waals surface area contributed by atoms with Crippen LogP contribution in [0.2, 0.25) is 0 Å². The summed E-state index contributed by atoms with van der Waals surface area (Å²) in [5, 5.41) is 10.5.